The number of rotatable bonds is 4. The smallest absolute Gasteiger partial charge is 0.336 e. The summed E-state index contributed by atoms with van der Waals surface area (Å²) in [5.41, 5.74) is 1.51. The number of hydrogen-bond acceptors (Lipinski definition) is 6. The van der Waals surface area contributed by atoms with E-state index in [-0.39, 0.29) is 11.9 Å². The molecular formula is C21H21NO4S. The lowest BCUT2D eigenvalue weighted by molar-refractivity contribution is 0.156. The van der Waals surface area contributed by atoms with Crippen LogP contribution in [0, 0.1) is 6.92 Å². The third-order valence-electron chi connectivity index (χ3n) is 4.74. The minimum Gasteiger partial charge on any atom is -0.508 e. The number of hydrogen-bond donors (Lipinski definition) is 1. The first-order valence-corrected chi connectivity index (χ1v) is 9.82. The maximum absolute atomic E-state index is 12.0. The van der Waals surface area contributed by atoms with Gasteiger partial charge in [-0.15, -0.1) is 11.8 Å². The third kappa shape index (κ3) is 3.68. The van der Waals surface area contributed by atoms with Crippen LogP contribution in [0.2, 0.25) is 0 Å². The zero-order chi connectivity index (χ0) is 19.0. The number of aryl methyl sites for hydroxylation is 1. The Balaban J connectivity index is 1.53. The Morgan fingerprint density at radius 2 is 2.07 bits per heavy atom. The molecule has 1 unspecified atom stereocenters. The largest absolute Gasteiger partial charge is 0.508 e. The summed E-state index contributed by atoms with van der Waals surface area (Å²) >= 11 is 1.81. The molecule has 0 bridgehead atoms. The Hall–Kier alpha value is -2.44. The van der Waals surface area contributed by atoms with Gasteiger partial charge < -0.3 is 14.3 Å². The zero-order valence-electron chi connectivity index (χ0n) is 15.3. The second kappa shape index (κ2) is 7.29. The first-order chi connectivity index (χ1) is 13.0. The first-order valence-electron chi connectivity index (χ1n) is 8.83. The molecule has 1 N–H and O–H groups in total. The van der Waals surface area contributed by atoms with E-state index in [1.165, 1.54) is 11.0 Å². The summed E-state index contributed by atoms with van der Waals surface area (Å²) in [4.78, 5) is 15.3. The van der Waals surface area contributed by atoms with Gasteiger partial charge in [-0.1, -0.05) is 12.1 Å². The minimum absolute atomic E-state index is 0.0899. The van der Waals surface area contributed by atoms with E-state index in [9.17, 15) is 9.90 Å². The average molecular weight is 383 g/mol. The highest BCUT2D eigenvalue weighted by Gasteiger charge is 2.22. The third-order valence-corrected chi connectivity index (χ3v) is 5.93. The second-order valence-electron chi connectivity index (χ2n) is 6.87. The van der Waals surface area contributed by atoms with Crippen molar-refractivity contribution in [1.29, 1.82) is 0 Å². The van der Waals surface area contributed by atoms with Gasteiger partial charge in [0.25, 0.3) is 0 Å². The molecule has 6 heteroatoms. The summed E-state index contributed by atoms with van der Waals surface area (Å²) in [6.45, 7) is 3.09. The number of para-hydroxylation sites is 1. The fraction of sp³-hybridized carbons (Fsp3) is 0.286. The lowest BCUT2D eigenvalue weighted by Crippen LogP contribution is -2.36. The van der Waals surface area contributed by atoms with Gasteiger partial charge in [0.1, 0.15) is 23.2 Å². The van der Waals surface area contributed by atoms with Crippen LogP contribution in [-0.2, 0) is 6.54 Å². The van der Waals surface area contributed by atoms with Gasteiger partial charge in [-0.25, -0.2) is 4.79 Å². The van der Waals surface area contributed by atoms with Crippen LogP contribution in [0.4, 0.5) is 0 Å². The number of phenolic OH excluding ortho intramolecular Hbond substituents is 1. The van der Waals surface area contributed by atoms with Crippen LogP contribution in [0.5, 0.6) is 11.5 Å². The van der Waals surface area contributed by atoms with E-state index in [1.54, 1.807) is 19.1 Å². The van der Waals surface area contributed by atoms with E-state index in [2.05, 4.69) is 11.0 Å². The van der Waals surface area contributed by atoms with Crippen molar-refractivity contribution >= 4 is 22.7 Å². The SMILES string of the molecule is Cc1c(O)ccc2c(CN(C)CC3CSc4ccccc4O3)cc(=O)oc12. The van der Waals surface area contributed by atoms with Gasteiger partial charge in [0.15, 0.2) is 0 Å². The number of likely N-dealkylation sites (N-methyl/N-ethyl adjacent to an activating group) is 1. The number of phenols is 1. The van der Waals surface area contributed by atoms with Gasteiger partial charge in [0, 0.05) is 40.8 Å². The molecule has 1 aromatic heterocycles. The molecule has 2 aromatic carbocycles. The summed E-state index contributed by atoms with van der Waals surface area (Å²) in [6.07, 6.45) is 0.0899. The number of benzene rings is 2. The molecule has 0 amide bonds. The quantitative estimate of drug-likeness (QED) is 0.692. The van der Waals surface area contributed by atoms with E-state index in [0.717, 1.165) is 29.0 Å². The average Bonchev–Trinajstić information content (AvgIpc) is 2.65. The van der Waals surface area contributed by atoms with Gasteiger partial charge >= 0.3 is 5.63 Å². The molecule has 0 saturated carbocycles. The van der Waals surface area contributed by atoms with Gasteiger partial charge in [-0.2, -0.15) is 0 Å². The number of thioether (sulfide) groups is 1. The summed E-state index contributed by atoms with van der Waals surface area (Å²) in [5.74, 6) is 1.96. The molecule has 140 valence electrons. The predicted octanol–water partition coefficient (Wildman–Crippen LogP) is 3.79. The lowest BCUT2D eigenvalue weighted by atomic mass is 10.1. The number of nitrogens with zero attached hydrogens (tertiary/aromatic N) is 1. The van der Waals surface area contributed by atoms with Crippen molar-refractivity contribution in [2.45, 2.75) is 24.5 Å². The molecule has 5 nitrogen and oxygen atoms in total. The van der Waals surface area contributed by atoms with E-state index >= 15 is 0 Å². The Labute approximate surface area is 161 Å². The highest BCUT2D eigenvalue weighted by atomic mass is 32.2. The van der Waals surface area contributed by atoms with Crippen LogP contribution in [0.25, 0.3) is 11.0 Å². The van der Waals surface area contributed by atoms with Gasteiger partial charge in [0.2, 0.25) is 0 Å². The first kappa shape index (κ1) is 17.9. The molecular weight excluding hydrogens is 362 g/mol. The van der Waals surface area contributed by atoms with Crippen LogP contribution in [-0.4, -0.2) is 35.5 Å². The lowest BCUT2D eigenvalue weighted by Gasteiger charge is -2.29. The fourth-order valence-corrected chi connectivity index (χ4v) is 4.37. The van der Waals surface area contributed by atoms with Crippen molar-refractivity contribution < 1.29 is 14.3 Å². The van der Waals surface area contributed by atoms with Gasteiger partial charge in [0.05, 0.1) is 0 Å². The van der Waals surface area contributed by atoms with Crippen molar-refractivity contribution in [2.75, 3.05) is 19.3 Å². The van der Waals surface area contributed by atoms with Gasteiger partial charge in [-0.05, 0) is 43.8 Å². The molecule has 27 heavy (non-hydrogen) atoms. The van der Waals surface area contributed by atoms with Crippen LogP contribution >= 0.6 is 11.8 Å². The molecule has 0 fully saturated rings. The molecule has 0 saturated heterocycles. The molecule has 1 atom stereocenters. The Bertz CT molecular complexity index is 1050. The Kier molecular flexibility index (Phi) is 4.85. The van der Waals surface area contributed by atoms with Crippen LogP contribution in [0.15, 0.2) is 56.6 Å². The Morgan fingerprint density at radius 1 is 1.26 bits per heavy atom. The topological polar surface area (TPSA) is 62.9 Å². The molecule has 1 aliphatic heterocycles. The minimum atomic E-state index is -0.405. The Morgan fingerprint density at radius 3 is 2.93 bits per heavy atom. The van der Waals surface area contributed by atoms with Gasteiger partial charge in [-0.3, -0.25) is 4.90 Å². The monoisotopic (exact) mass is 383 g/mol. The van der Waals surface area contributed by atoms with Crippen LogP contribution in [0.1, 0.15) is 11.1 Å². The van der Waals surface area contributed by atoms with E-state index in [4.69, 9.17) is 9.15 Å². The van der Waals surface area contributed by atoms with Crippen molar-refractivity contribution in [3.05, 3.63) is 64.0 Å². The molecule has 1 aliphatic rings. The molecule has 3 aromatic rings. The molecule has 0 spiro atoms. The molecule has 2 heterocycles. The van der Waals surface area contributed by atoms with E-state index < -0.39 is 5.63 Å². The summed E-state index contributed by atoms with van der Waals surface area (Å²) < 4.78 is 11.4. The van der Waals surface area contributed by atoms with E-state index in [1.807, 2.05) is 37.0 Å². The summed E-state index contributed by atoms with van der Waals surface area (Å²) in [7, 11) is 2.02. The number of aromatic hydroxyl groups is 1. The number of ether oxygens (including phenoxy) is 1. The highest BCUT2D eigenvalue weighted by Crippen LogP contribution is 2.35. The van der Waals surface area contributed by atoms with Crippen molar-refractivity contribution in [1.82, 2.24) is 4.90 Å². The second-order valence-corrected chi connectivity index (χ2v) is 7.93. The molecule has 0 radical (unpaired) electrons. The highest BCUT2D eigenvalue weighted by molar-refractivity contribution is 7.99. The van der Waals surface area contributed by atoms with Crippen molar-refractivity contribution in [3.8, 4) is 11.5 Å². The summed E-state index contributed by atoms with van der Waals surface area (Å²) in [5, 5.41) is 10.7. The zero-order valence-corrected chi connectivity index (χ0v) is 16.1. The molecule has 4 rings (SSSR count). The van der Waals surface area contributed by atoms with Crippen molar-refractivity contribution in [2.24, 2.45) is 0 Å². The standard InChI is InChI=1S/C21H21NO4S/c1-13-17(23)8-7-16-14(9-20(24)26-21(13)16)10-22(2)11-15-12-27-19-6-4-3-5-18(19)25-15/h3-9,15,23H,10-12H2,1-2H3. The fourth-order valence-electron chi connectivity index (χ4n) is 3.40. The number of fused-ring (bicyclic) bond motifs is 2. The maximum Gasteiger partial charge on any atom is 0.336 e. The van der Waals surface area contributed by atoms with Crippen LogP contribution < -0.4 is 10.4 Å². The summed E-state index contributed by atoms with van der Waals surface area (Å²) in [6, 6.07) is 13.0. The van der Waals surface area contributed by atoms with Crippen LogP contribution in [0.3, 0.4) is 0 Å². The van der Waals surface area contributed by atoms with E-state index in [0.29, 0.717) is 17.7 Å². The predicted molar refractivity (Wildman–Crippen MR) is 107 cm³/mol. The normalized spacial score (nSPS) is 16.3. The molecule has 0 aliphatic carbocycles. The maximum atomic E-state index is 12.0. The van der Waals surface area contributed by atoms with Crippen molar-refractivity contribution in [3.63, 3.8) is 0 Å².